The van der Waals surface area contributed by atoms with E-state index in [2.05, 4.69) is 90.4 Å². The van der Waals surface area contributed by atoms with Crippen molar-refractivity contribution in [1.29, 1.82) is 0 Å². The van der Waals surface area contributed by atoms with Crippen LogP contribution in [0.15, 0.2) is 84.9 Å². The molecular formula is C37H37NO4S. The van der Waals surface area contributed by atoms with Crippen LogP contribution in [0, 0.1) is 25.7 Å². The van der Waals surface area contributed by atoms with Gasteiger partial charge in [-0.15, -0.1) is 11.3 Å². The van der Waals surface area contributed by atoms with Gasteiger partial charge < -0.3 is 14.6 Å². The molecule has 1 atom stereocenters. The molecular weight excluding hydrogens is 554 g/mol. The largest absolute Gasteiger partial charge is 0.489 e. The summed E-state index contributed by atoms with van der Waals surface area (Å²) in [5, 5.41) is 9.15. The second-order valence-electron chi connectivity index (χ2n) is 10.8. The van der Waals surface area contributed by atoms with Crippen LogP contribution in [0.1, 0.15) is 46.9 Å². The molecule has 2 heterocycles. The molecule has 0 aliphatic carbocycles. The smallest absolute Gasteiger partial charge is 0.344 e. The average Bonchev–Trinajstić information content (AvgIpc) is 3.69. The maximum atomic E-state index is 11.2. The van der Waals surface area contributed by atoms with Crippen molar-refractivity contribution in [3.63, 3.8) is 0 Å². The first-order chi connectivity index (χ1) is 20.9. The zero-order valence-corrected chi connectivity index (χ0v) is 25.7. The van der Waals surface area contributed by atoms with Crippen molar-refractivity contribution < 1.29 is 19.4 Å². The molecule has 1 aromatic heterocycles. The predicted molar refractivity (Wildman–Crippen MR) is 175 cm³/mol. The molecule has 0 saturated carbocycles. The number of carbonyl (C=O) groups is 1. The highest BCUT2D eigenvalue weighted by Gasteiger charge is 2.14. The molecule has 4 aromatic rings. The number of likely N-dealkylation sites (tertiary alicyclic amines) is 1. The minimum absolute atomic E-state index is 0.365. The fourth-order valence-electron chi connectivity index (χ4n) is 5.04. The number of carboxylic acids is 1. The van der Waals surface area contributed by atoms with E-state index in [4.69, 9.17) is 14.6 Å². The van der Waals surface area contributed by atoms with Crippen LogP contribution in [0.4, 0.5) is 0 Å². The van der Waals surface area contributed by atoms with E-state index in [1.807, 2.05) is 13.0 Å². The summed E-state index contributed by atoms with van der Waals surface area (Å²) in [5.41, 5.74) is 6.31. The van der Waals surface area contributed by atoms with Crippen LogP contribution >= 0.6 is 11.3 Å². The highest BCUT2D eigenvalue weighted by Crippen LogP contribution is 2.31. The number of rotatable bonds is 10. The van der Waals surface area contributed by atoms with Gasteiger partial charge in [-0.25, -0.2) is 4.79 Å². The molecule has 5 rings (SSSR count). The molecule has 43 heavy (non-hydrogen) atoms. The number of aryl methyl sites for hydroxylation is 2. The molecule has 1 aliphatic rings. The zero-order valence-electron chi connectivity index (χ0n) is 24.9. The van der Waals surface area contributed by atoms with Crippen LogP contribution in [0.5, 0.6) is 11.5 Å². The van der Waals surface area contributed by atoms with Crippen LogP contribution in [0.2, 0.25) is 0 Å². The highest BCUT2D eigenvalue weighted by atomic mass is 32.1. The Morgan fingerprint density at radius 1 is 0.977 bits per heavy atom. The molecule has 1 aliphatic heterocycles. The minimum Gasteiger partial charge on any atom is -0.489 e. The van der Waals surface area contributed by atoms with Crippen molar-refractivity contribution in [2.45, 2.75) is 39.7 Å². The number of hydrogen-bond donors (Lipinski definition) is 1. The van der Waals surface area contributed by atoms with E-state index in [0.717, 1.165) is 47.5 Å². The van der Waals surface area contributed by atoms with Crippen molar-refractivity contribution in [3.8, 4) is 33.8 Å². The van der Waals surface area contributed by atoms with Gasteiger partial charge >= 0.3 is 5.97 Å². The van der Waals surface area contributed by atoms with E-state index in [1.165, 1.54) is 35.1 Å². The Morgan fingerprint density at radius 3 is 2.30 bits per heavy atom. The second kappa shape index (κ2) is 14.2. The van der Waals surface area contributed by atoms with Crippen LogP contribution < -0.4 is 9.47 Å². The quantitative estimate of drug-likeness (QED) is 0.190. The summed E-state index contributed by atoms with van der Waals surface area (Å²) >= 11 is 1.80. The monoisotopic (exact) mass is 591 g/mol. The summed E-state index contributed by atoms with van der Waals surface area (Å²) in [6.45, 7) is 9.01. The molecule has 1 N–H and O–H groups in total. The van der Waals surface area contributed by atoms with Gasteiger partial charge in [0.2, 0.25) is 0 Å². The number of benzene rings is 3. The van der Waals surface area contributed by atoms with Crippen LogP contribution in [0.3, 0.4) is 0 Å². The highest BCUT2D eigenvalue weighted by molar-refractivity contribution is 7.15. The second-order valence-corrected chi connectivity index (χ2v) is 12.1. The Hall–Kier alpha value is -4.31. The first-order valence-electron chi connectivity index (χ1n) is 14.7. The van der Waals surface area contributed by atoms with E-state index < -0.39 is 12.1 Å². The average molecular weight is 592 g/mol. The van der Waals surface area contributed by atoms with Gasteiger partial charge in [0.1, 0.15) is 18.1 Å². The molecule has 1 unspecified atom stereocenters. The number of hydrogen-bond acceptors (Lipinski definition) is 5. The van der Waals surface area contributed by atoms with Crippen molar-refractivity contribution in [2.75, 3.05) is 26.2 Å². The normalized spacial score (nSPS) is 14.2. The molecule has 1 saturated heterocycles. The molecule has 0 spiro atoms. The van der Waals surface area contributed by atoms with E-state index in [9.17, 15) is 4.79 Å². The first-order valence-corrected chi connectivity index (χ1v) is 15.5. The third-order valence-electron chi connectivity index (χ3n) is 7.49. The van der Waals surface area contributed by atoms with E-state index >= 15 is 0 Å². The Bertz CT molecular complexity index is 1630. The van der Waals surface area contributed by atoms with Gasteiger partial charge in [-0.2, -0.15) is 0 Å². The Balaban J connectivity index is 1.34. The molecule has 3 aromatic carbocycles. The fraction of sp³-hybridized carbons (Fsp3) is 0.270. The lowest BCUT2D eigenvalue weighted by Crippen LogP contribution is -2.23. The van der Waals surface area contributed by atoms with Crippen molar-refractivity contribution >= 4 is 22.9 Å². The third-order valence-corrected chi connectivity index (χ3v) is 8.54. The summed E-state index contributed by atoms with van der Waals surface area (Å²) in [6.07, 6.45) is 3.72. The van der Waals surface area contributed by atoms with Gasteiger partial charge in [0.15, 0.2) is 6.10 Å². The molecule has 0 amide bonds. The summed E-state index contributed by atoms with van der Waals surface area (Å²) in [5.74, 6) is 6.87. The van der Waals surface area contributed by atoms with Gasteiger partial charge in [-0.3, -0.25) is 4.90 Å². The third kappa shape index (κ3) is 8.16. The van der Waals surface area contributed by atoms with E-state index in [1.54, 1.807) is 23.5 Å². The molecule has 5 nitrogen and oxygen atoms in total. The summed E-state index contributed by atoms with van der Waals surface area (Å²) < 4.78 is 11.7. The zero-order chi connectivity index (χ0) is 30.2. The number of carboxylic acid groups (broad SMARTS) is 1. The predicted octanol–water partition coefficient (Wildman–Crippen LogP) is 7.84. The lowest BCUT2D eigenvalue weighted by Gasteiger charge is -2.14. The minimum atomic E-state index is -1.00. The van der Waals surface area contributed by atoms with Gasteiger partial charge in [0.05, 0.1) is 6.54 Å². The molecule has 1 fully saturated rings. The Labute approximate surface area is 258 Å². The first kappa shape index (κ1) is 30.2. The standard InChI is InChI=1S/C37H37NO4S/c1-26-25-33(17-18-35(26)42-28(3)37(39)40)41-24-20-34(31-13-15-32(16-14-31)36-19-8-27(2)43-36)30-11-9-29(10-12-30)7-6-23-38-21-4-5-22-38/h8-20,25,28H,4-5,21-24H2,1-3H3,(H,39,40). The van der Waals surface area contributed by atoms with Crippen LogP contribution in [-0.2, 0) is 4.79 Å². The summed E-state index contributed by atoms with van der Waals surface area (Å²) in [7, 11) is 0. The van der Waals surface area contributed by atoms with Gasteiger partial charge in [0, 0.05) is 15.3 Å². The summed E-state index contributed by atoms with van der Waals surface area (Å²) in [6, 6.07) is 26.9. The van der Waals surface area contributed by atoms with Crippen molar-refractivity contribution in [2.24, 2.45) is 0 Å². The fourth-order valence-corrected chi connectivity index (χ4v) is 5.91. The molecule has 220 valence electrons. The Morgan fingerprint density at radius 2 is 1.67 bits per heavy atom. The number of ether oxygens (including phenoxy) is 2. The van der Waals surface area contributed by atoms with E-state index in [-0.39, 0.29) is 0 Å². The number of thiophene rings is 1. The summed E-state index contributed by atoms with van der Waals surface area (Å²) in [4.78, 5) is 16.1. The number of nitrogens with zero attached hydrogens (tertiary/aromatic N) is 1. The molecule has 6 heteroatoms. The topological polar surface area (TPSA) is 59.0 Å². The van der Waals surface area contributed by atoms with Gasteiger partial charge in [-0.1, -0.05) is 48.2 Å². The van der Waals surface area contributed by atoms with E-state index in [0.29, 0.717) is 18.1 Å². The maximum Gasteiger partial charge on any atom is 0.344 e. The van der Waals surface area contributed by atoms with Crippen molar-refractivity contribution in [1.82, 2.24) is 4.90 Å². The van der Waals surface area contributed by atoms with Crippen molar-refractivity contribution in [3.05, 3.63) is 112 Å². The number of aliphatic carboxylic acids is 1. The van der Waals surface area contributed by atoms with Crippen LogP contribution in [0.25, 0.3) is 16.0 Å². The lowest BCUT2D eigenvalue weighted by molar-refractivity contribution is -0.144. The van der Waals surface area contributed by atoms with Gasteiger partial charge in [0.25, 0.3) is 0 Å². The van der Waals surface area contributed by atoms with Gasteiger partial charge in [-0.05, 0) is 123 Å². The van der Waals surface area contributed by atoms with Crippen LogP contribution in [-0.4, -0.2) is 48.3 Å². The lowest BCUT2D eigenvalue weighted by atomic mass is 9.95. The Kier molecular flexibility index (Phi) is 9.99. The SMILES string of the molecule is Cc1ccc(-c2ccc(C(=CCOc3ccc(OC(C)C(=O)O)c(C)c3)c3ccc(C#CCN4CCCC4)cc3)cc2)s1. The maximum absolute atomic E-state index is 11.2. The molecule has 0 radical (unpaired) electrons. The molecule has 0 bridgehead atoms.